The monoisotopic (exact) mass is 203 g/mol. The molecular formula is C10H15F2NO. The van der Waals surface area contributed by atoms with Gasteiger partial charge in [0.15, 0.2) is 0 Å². The van der Waals surface area contributed by atoms with Crippen LogP contribution in [0.15, 0.2) is 0 Å². The fourth-order valence-corrected chi connectivity index (χ4v) is 1.78. The van der Waals surface area contributed by atoms with Gasteiger partial charge in [-0.3, -0.25) is 4.79 Å². The third-order valence-electron chi connectivity index (χ3n) is 3.01. The van der Waals surface area contributed by atoms with Gasteiger partial charge in [0.25, 0.3) is 5.92 Å². The van der Waals surface area contributed by atoms with E-state index < -0.39 is 5.92 Å². The summed E-state index contributed by atoms with van der Waals surface area (Å²) < 4.78 is 25.6. The Morgan fingerprint density at radius 2 is 1.86 bits per heavy atom. The van der Waals surface area contributed by atoms with Crippen LogP contribution in [-0.4, -0.2) is 29.8 Å². The third kappa shape index (κ3) is 2.42. The first-order chi connectivity index (χ1) is 6.57. The number of carbonyl (C=O) groups is 1. The van der Waals surface area contributed by atoms with E-state index in [1.807, 2.05) is 0 Å². The summed E-state index contributed by atoms with van der Waals surface area (Å²) in [6.45, 7) is 0.469. The van der Waals surface area contributed by atoms with Crippen LogP contribution in [-0.2, 0) is 4.79 Å². The van der Waals surface area contributed by atoms with Crippen LogP contribution >= 0.6 is 0 Å². The first-order valence-corrected chi connectivity index (χ1v) is 5.22. The van der Waals surface area contributed by atoms with Gasteiger partial charge in [0, 0.05) is 32.4 Å². The van der Waals surface area contributed by atoms with Crippen molar-refractivity contribution in [1.82, 2.24) is 4.90 Å². The Balaban J connectivity index is 1.79. The molecule has 1 aliphatic heterocycles. The van der Waals surface area contributed by atoms with E-state index in [2.05, 4.69) is 0 Å². The van der Waals surface area contributed by atoms with Gasteiger partial charge >= 0.3 is 0 Å². The van der Waals surface area contributed by atoms with Crippen LogP contribution in [0.5, 0.6) is 0 Å². The standard InChI is InChI=1S/C10H15F2NO/c11-10(12)3-5-13(6-4-10)9(14)7-8-1-2-8/h8H,1-7H2. The van der Waals surface area contributed by atoms with Gasteiger partial charge in [0.1, 0.15) is 0 Å². The van der Waals surface area contributed by atoms with Crippen LogP contribution in [0, 0.1) is 5.92 Å². The lowest BCUT2D eigenvalue weighted by Crippen LogP contribution is -2.42. The van der Waals surface area contributed by atoms with Crippen LogP contribution in [0.3, 0.4) is 0 Å². The Bertz CT molecular complexity index is 228. The molecule has 2 aliphatic rings. The fourth-order valence-electron chi connectivity index (χ4n) is 1.78. The molecule has 0 unspecified atom stereocenters. The Kier molecular flexibility index (Phi) is 2.45. The summed E-state index contributed by atoms with van der Waals surface area (Å²) in [5.74, 6) is -1.93. The zero-order chi connectivity index (χ0) is 10.2. The highest BCUT2D eigenvalue weighted by Crippen LogP contribution is 2.34. The Labute approximate surface area is 82.3 Å². The highest BCUT2D eigenvalue weighted by molar-refractivity contribution is 5.76. The van der Waals surface area contributed by atoms with Gasteiger partial charge in [-0.2, -0.15) is 0 Å². The largest absolute Gasteiger partial charge is 0.342 e. The number of piperidine rings is 1. The summed E-state index contributed by atoms with van der Waals surface area (Å²) >= 11 is 0. The molecule has 0 atom stereocenters. The quantitative estimate of drug-likeness (QED) is 0.672. The van der Waals surface area contributed by atoms with Gasteiger partial charge in [-0.15, -0.1) is 0 Å². The van der Waals surface area contributed by atoms with Gasteiger partial charge in [-0.1, -0.05) is 0 Å². The molecular weight excluding hydrogens is 188 g/mol. The summed E-state index contributed by atoms with van der Waals surface area (Å²) in [6, 6.07) is 0. The highest BCUT2D eigenvalue weighted by Gasteiger charge is 2.36. The first-order valence-electron chi connectivity index (χ1n) is 5.22. The van der Waals surface area contributed by atoms with Crippen LogP contribution in [0.4, 0.5) is 8.78 Å². The molecule has 0 N–H and O–H groups in total. The van der Waals surface area contributed by atoms with E-state index in [1.54, 1.807) is 4.90 Å². The van der Waals surface area contributed by atoms with Crippen molar-refractivity contribution < 1.29 is 13.6 Å². The predicted octanol–water partition coefficient (Wildman–Crippen LogP) is 2.04. The summed E-state index contributed by atoms with van der Waals surface area (Å²) in [4.78, 5) is 13.1. The number of amides is 1. The molecule has 0 bridgehead atoms. The molecule has 1 saturated carbocycles. The molecule has 1 heterocycles. The fraction of sp³-hybridized carbons (Fsp3) is 0.900. The summed E-state index contributed by atoms with van der Waals surface area (Å²) in [5, 5.41) is 0. The van der Waals surface area contributed by atoms with Gasteiger partial charge in [0.05, 0.1) is 0 Å². The number of alkyl halides is 2. The summed E-state index contributed by atoms with van der Waals surface area (Å²) in [6.07, 6.45) is 2.52. The van der Waals surface area contributed by atoms with Crippen molar-refractivity contribution in [2.24, 2.45) is 5.92 Å². The lowest BCUT2D eigenvalue weighted by molar-refractivity contribution is -0.137. The van der Waals surface area contributed by atoms with Crippen molar-refractivity contribution >= 4 is 5.91 Å². The molecule has 0 aromatic carbocycles. The molecule has 2 fully saturated rings. The molecule has 2 nitrogen and oxygen atoms in total. The maximum absolute atomic E-state index is 12.8. The molecule has 0 radical (unpaired) electrons. The van der Waals surface area contributed by atoms with E-state index in [1.165, 1.54) is 0 Å². The molecule has 0 aromatic rings. The van der Waals surface area contributed by atoms with Crippen molar-refractivity contribution in [1.29, 1.82) is 0 Å². The molecule has 0 spiro atoms. The maximum atomic E-state index is 12.8. The molecule has 2 rings (SSSR count). The van der Waals surface area contributed by atoms with Gasteiger partial charge in [-0.25, -0.2) is 8.78 Å². The Morgan fingerprint density at radius 3 is 2.36 bits per heavy atom. The van der Waals surface area contributed by atoms with Crippen molar-refractivity contribution in [3.05, 3.63) is 0 Å². The van der Waals surface area contributed by atoms with Crippen LogP contribution in [0.1, 0.15) is 32.1 Å². The lowest BCUT2D eigenvalue weighted by atomic mass is 10.1. The van der Waals surface area contributed by atoms with Crippen LogP contribution < -0.4 is 0 Å². The summed E-state index contributed by atoms with van der Waals surface area (Å²) in [7, 11) is 0. The zero-order valence-corrected chi connectivity index (χ0v) is 8.14. The number of nitrogens with zero attached hydrogens (tertiary/aromatic N) is 1. The third-order valence-corrected chi connectivity index (χ3v) is 3.01. The average molecular weight is 203 g/mol. The molecule has 1 amide bonds. The molecule has 14 heavy (non-hydrogen) atoms. The highest BCUT2D eigenvalue weighted by atomic mass is 19.3. The van der Waals surface area contributed by atoms with E-state index in [4.69, 9.17) is 0 Å². The number of halogens is 2. The van der Waals surface area contributed by atoms with E-state index in [0.29, 0.717) is 12.3 Å². The second-order valence-corrected chi connectivity index (χ2v) is 4.38. The van der Waals surface area contributed by atoms with E-state index in [9.17, 15) is 13.6 Å². The first kappa shape index (κ1) is 9.87. The number of hydrogen-bond acceptors (Lipinski definition) is 1. The van der Waals surface area contributed by atoms with E-state index in [-0.39, 0.29) is 31.8 Å². The second-order valence-electron chi connectivity index (χ2n) is 4.38. The summed E-state index contributed by atoms with van der Waals surface area (Å²) in [5.41, 5.74) is 0. The maximum Gasteiger partial charge on any atom is 0.251 e. The molecule has 1 aliphatic carbocycles. The Hall–Kier alpha value is -0.670. The predicted molar refractivity (Wildman–Crippen MR) is 48.1 cm³/mol. The second kappa shape index (κ2) is 3.48. The number of hydrogen-bond donors (Lipinski definition) is 0. The van der Waals surface area contributed by atoms with Gasteiger partial charge < -0.3 is 4.90 Å². The normalized spacial score (nSPS) is 26.3. The van der Waals surface area contributed by atoms with Crippen molar-refractivity contribution in [3.8, 4) is 0 Å². The average Bonchev–Trinajstić information content (AvgIpc) is 2.88. The van der Waals surface area contributed by atoms with E-state index in [0.717, 1.165) is 12.8 Å². The van der Waals surface area contributed by atoms with Crippen molar-refractivity contribution in [2.75, 3.05) is 13.1 Å². The molecule has 0 aromatic heterocycles. The van der Waals surface area contributed by atoms with E-state index >= 15 is 0 Å². The Morgan fingerprint density at radius 1 is 1.29 bits per heavy atom. The van der Waals surface area contributed by atoms with Crippen molar-refractivity contribution in [2.45, 2.75) is 38.0 Å². The van der Waals surface area contributed by atoms with Crippen molar-refractivity contribution in [3.63, 3.8) is 0 Å². The minimum Gasteiger partial charge on any atom is -0.342 e. The lowest BCUT2D eigenvalue weighted by Gasteiger charge is -2.31. The topological polar surface area (TPSA) is 20.3 Å². The number of likely N-dealkylation sites (tertiary alicyclic amines) is 1. The number of carbonyl (C=O) groups excluding carboxylic acids is 1. The molecule has 4 heteroatoms. The number of rotatable bonds is 2. The SMILES string of the molecule is O=C(CC1CC1)N1CCC(F)(F)CC1. The van der Waals surface area contributed by atoms with Gasteiger partial charge in [-0.05, 0) is 18.8 Å². The van der Waals surface area contributed by atoms with Crippen LogP contribution in [0.25, 0.3) is 0 Å². The van der Waals surface area contributed by atoms with Gasteiger partial charge in [0.2, 0.25) is 5.91 Å². The minimum absolute atomic E-state index is 0.0722. The van der Waals surface area contributed by atoms with Crippen LogP contribution in [0.2, 0.25) is 0 Å². The smallest absolute Gasteiger partial charge is 0.251 e. The molecule has 80 valence electrons. The zero-order valence-electron chi connectivity index (χ0n) is 8.14. The molecule has 1 saturated heterocycles. The minimum atomic E-state index is -2.55.